The number of hydrogen-bond donors (Lipinski definition) is 0. The average molecular weight is 631 g/mol. The van der Waals surface area contributed by atoms with Crippen LogP contribution in [0.5, 0.6) is 5.75 Å². The molecule has 3 aromatic carbocycles. The first-order valence-corrected chi connectivity index (χ1v) is 15.9. The molecule has 0 radical (unpaired) electrons. The molecule has 0 saturated carbocycles. The van der Waals surface area contributed by atoms with Gasteiger partial charge in [0.05, 0.1) is 35.4 Å². The normalized spacial score (nSPS) is 16.8. The van der Waals surface area contributed by atoms with Crippen molar-refractivity contribution >= 4 is 11.8 Å². The number of hydrogen-bond acceptors (Lipinski definition) is 6. The van der Waals surface area contributed by atoms with E-state index in [-0.39, 0.29) is 40.5 Å². The van der Waals surface area contributed by atoms with Crippen LogP contribution in [-0.4, -0.2) is 60.0 Å². The van der Waals surface area contributed by atoms with E-state index in [1.54, 1.807) is 23.6 Å². The number of piperazine rings is 1. The van der Waals surface area contributed by atoms with Gasteiger partial charge in [0, 0.05) is 62.6 Å². The van der Waals surface area contributed by atoms with E-state index in [1.807, 2.05) is 24.3 Å². The van der Waals surface area contributed by atoms with E-state index < -0.39 is 17.5 Å². The summed E-state index contributed by atoms with van der Waals surface area (Å²) in [7, 11) is 1.37. The van der Waals surface area contributed by atoms with Gasteiger partial charge in [-0.2, -0.15) is 5.26 Å². The highest BCUT2D eigenvalue weighted by Crippen LogP contribution is 2.41. The number of nitriles is 1. The van der Waals surface area contributed by atoms with Gasteiger partial charge in [-0.05, 0) is 53.9 Å². The molecule has 0 bridgehead atoms. The minimum atomic E-state index is -0.660. The summed E-state index contributed by atoms with van der Waals surface area (Å²) < 4.78 is 52.3. The number of thioether (sulfide) groups is 1. The van der Waals surface area contributed by atoms with Gasteiger partial charge in [0.15, 0.2) is 11.6 Å². The molecule has 1 atom stereocenters. The first-order valence-electron chi connectivity index (χ1n) is 14.9. The molecule has 0 spiro atoms. The Hall–Kier alpha value is -4.04. The average Bonchev–Trinajstić information content (AvgIpc) is 3.46. The van der Waals surface area contributed by atoms with Crippen molar-refractivity contribution in [2.75, 3.05) is 45.6 Å². The quantitative estimate of drug-likeness (QED) is 0.232. The SMILES string of the molecule is COc1cccc(-c2c(C)c(Cc3c(F)cccc3F)c3n(c2=O)C(CN2CCN(Cc4ccc(C#N)cc4)CC2)CS3)c1F. The van der Waals surface area contributed by atoms with Crippen molar-refractivity contribution in [2.45, 2.75) is 31.0 Å². The zero-order valence-corrected chi connectivity index (χ0v) is 26.0. The van der Waals surface area contributed by atoms with Gasteiger partial charge in [0.1, 0.15) is 11.6 Å². The molecule has 6 nitrogen and oxygen atoms in total. The summed E-state index contributed by atoms with van der Waals surface area (Å²) in [5.74, 6) is -1.33. The molecule has 45 heavy (non-hydrogen) atoms. The van der Waals surface area contributed by atoms with Gasteiger partial charge in [-0.25, -0.2) is 13.2 Å². The highest BCUT2D eigenvalue weighted by atomic mass is 32.2. The molecule has 0 aliphatic carbocycles. The first-order chi connectivity index (χ1) is 21.8. The maximum absolute atomic E-state index is 15.6. The molecule has 10 heteroatoms. The molecular formula is C35H33F3N4O2S. The zero-order valence-electron chi connectivity index (χ0n) is 25.2. The van der Waals surface area contributed by atoms with Crippen LogP contribution >= 0.6 is 11.8 Å². The van der Waals surface area contributed by atoms with Gasteiger partial charge in [-0.1, -0.05) is 30.3 Å². The lowest BCUT2D eigenvalue weighted by molar-refractivity contribution is 0.116. The lowest BCUT2D eigenvalue weighted by atomic mass is 9.94. The third-order valence-electron chi connectivity index (χ3n) is 8.81. The van der Waals surface area contributed by atoms with Crippen LogP contribution in [0.1, 0.15) is 33.9 Å². The smallest absolute Gasteiger partial charge is 0.260 e. The molecular weight excluding hydrogens is 597 g/mol. The van der Waals surface area contributed by atoms with Crippen LogP contribution in [0, 0.1) is 35.7 Å². The fraction of sp³-hybridized carbons (Fsp3) is 0.314. The van der Waals surface area contributed by atoms with E-state index in [1.165, 1.54) is 43.1 Å². The number of benzene rings is 3. The number of fused-ring (bicyclic) bond motifs is 1. The maximum atomic E-state index is 15.6. The minimum absolute atomic E-state index is 0.0169. The van der Waals surface area contributed by atoms with Crippen LogP contribution in [0.3, 0.4) is 0 Å². The van der Waals surface area contributed by atoms with E-state index in [0.717, 1.165) is 38.3 Å². The topological polar surface area (TPSA) is 61.5 Å². The van der Waals surface area contributed by atoms with Crippen molar-refractivity contribution in [1.82, 2.24) is 14.4 Å². The van der Waals surface area contributed by atoms with E-state index in [2.05, 4.69) is 15.9 Å². The molecule has 2 aliphatic heterocycles. The van der Waals surface area contributed by atoms with Crippen LogP contribution in [0.2, 0.25) is 0 Å². The van der Waals surface area contributed by atoms with Crippen molar-refractivity contribution in [3.05, 3.63) is 116 Å². The molecule has 6 rings (SSSR count). The van der Waals surface area contributed by atoms with Gasteiger partial charge < -0.3 is 4.74 Å². The predicted octanol–water partition coefficient (Wildman–Crippen LogP) is 6.18. The summed E-state index contributed by atoms with van der Waals surface area (Å²) in [6, 6.07) is 18.0. The summed E-state index contributed by atoms with van der Waals surface area (Å²) in [5.41, 5.74) is 2.81. The number of pyridine rings is 1. The lowest BCUT2D eigenvalue weighted by Crippen LogP contribution is -2.48. The zero-order chi connectivity index (χ0) is 31.7. The van der Waals surface area contributed by atoms with Crippen LogP contribution in [0.15, 0.2) is 70.5 Å². The standard InChI is InChI=1S/C35H33F3N4O2S/c1-22-27(17-28-29(36)6-4-7-30(28)37)35-42(34(43)32(22)26-5-3-8-31(44-2)33(26)38)25(21-45-35)20-41-15-13-40(14-16-41)19-24-11-9-23(18-39)10-12-24/h3-12,25H,13-17,19-21H2,1-2H3. The van der Waals surface area contributed by atoms with Crippen LogP contribution in [0.25, 0.3) is 11.1 Å². The van der Waals surface area contributed by atoms with Crippen molar-refractivity contribution in [2.24, 2.45) is 0 Å². The van der Waals surface area contributed by atoms with Gasteiger partial charge >= 0.3 is 0 Å². The fourth-order valence-electron chi connectivity index (χ4n) is 6.34. The monoisotopic (exact) mass is 630 g/mol. The van der Waals surface area contributed by atoms with E-state index in [0.29, 0.717) is 34.0 Å². The first kappa shape index (κ1) is 31.0. The Morgan fingerprint density at radius 1 is 0.933 bits per heavy atom. The number of nitrogens with zero attached hydrogens (tertiary/aromatic N) is 4. The Bertz CT molecular complexity index is 1810. The summed E-state index contributed by atoms with van der Waals surface area (Å²) in [6.07, 6.45) is -0.0632. The number of methoxy groups -OCH3 is 1. The fourth-order valence-corrected chi connectivity index (χ4v) is 7.71. The van der Waals surface area contributed by atoms with Gasteiger partial charge in [-0.15, -0.1) is 11.8 Å². The van der Waals surface area contributed by atoms with Crippen molar-refractivity contribution in [1.29, 1.82) is 5.26 Å². The van der Waals surface area contributed by atoms with Gasteiger partial charge in [0.25, 0.3) is 5.56 Å². The van der Waals surface area contributed by atoms with Crippen molar-refractivity contribution < 1.29 is 17.9 Å². The number of rotatable bonds is 8. The number of halogens is 3. The van der Waals surface area contributed by atoms with E-state index in [4.69, 9.17) is 10.00 Å². The summed E-state index contributed by atoms with van der Waals surface area (Å²) >= 11 is 1.51. The molecule has 2 aliphatic rings. The summed E-state index contributed by atoms with van der Waals surface area (Å²) in [6.45, 7) is 6.50. The highest BCUT2D eigenvalue weighted by Gasteiger charge is 2.33. The van der Waals surface area contributed by atoms with E-state index in [9.17, 15) is 13.6 Å². The number of aromatic nitrogens is 1. The highest BCUT2D eigenvalue weighted by molar-refractivity contribution is 7.99. The van der Waals surface area contributed by atoms with Gasteiger partial charge in [-0.3, -0.25) is 19.2 Å². The molecule has 1 aromatic heterocycles. The maximum Gasteiger partial charge on any atom is 0.260 e. The Balaban J connectivity index is 1.31. The third kappa shape index (κ3) is 6.12. The van der Waals surface area contributed by atoms with Crippen LogP contribution in [0.4, 0.5) is 13.2 Å². The second kappa shape index (κ2) is 13.1. The van der Waals surface area contributed by atoms with Crippen molar-refractivity contribution in [3.8, 4) is 22.9 Å². The molecule has 4 aromatic rings. The molecule has 3 heterocycles. The molecule has 0 amide bonds. The molecule has 1 fully saturated rings. The van der Waals surface area contributed by atoms with Crippen molar-refractivity contribution in [3.63, 3.8) is 0 Å². The second-order valence-electron chi connectivity index (χ2n) is 11.5. The number of ether oxygens (including phenoxy) is 1. The molecule has 1 unspecified atom stereocenters. The lowest BCUT2D eigenvalue weighted by Gasteiger charge is -2.36. The molecule has 232 valence electrons. The van der Waals surface area contributed by atoms with Crippen LogP contribution < -0.4 is 10.3 Å². The Morgan fingerprint density at radius 3 is 2.27 bits per heavy atom. The molecule has 0 N–H and O–H groups in total. The second-order valence-corrected chi connectivity index (χ2v) is 12.5. The Morgan fingerprint density at radius 2 is 1.60 bits per heavy atom. The molecule has 1 saturated heterocycles. The van der Waals surface area contributed by atoms with Gasteiger partial charge in [0.2, 0.25) is 0 Å². The Kier molecular flexibility index (Phi) is 9.04. The van der Waals surface area contributed by atoms with E-state index >= 15 is 4.39 Å². The summed E-state index contributed by atoms with van der Waals surface area (Å²) in [5, 5.41) is 9.73. The predicted molar refractivity (Wildman–Crippen MR) is 169 cm³/mol. The van der Waals surface area contributed by atoms with Crippen LogP contribution in [-0.2, 0) is 13.0 Å². The largest absolute Gasteiger partial charge is 0.494 e. The minimum Gasteiger partial charge on any atom is -0.494 e. The summed E-state index contributed by atoms with van der Waals surface area (Å²) in [4.78, 5) is 19.0. The third-order valence-corrected chi connectivity index (χ3v) is 10.1. The Labute approximate surface area is 264 Å².